The van der Waals surface area contributed by atoms with Crippen molar-refractivity contribution >= 4 is 6.09 Å². The predicted molar refractivity (Wildman–Crippen MR) is 84.0 cm³/mol. The molecular weight excluding hydrogens is 284 g/mol. The van der Waals surface area contributed by atoms with Crippen LogP contribution in [-0.2, 0) is 9.88 Å². The number of amides is 1. The van der Waals surface area contributed by atoms with E-state index in [0.29, 0.717) is 0 Å². The molecule has 0 bridgehead atoms. The molecule has 0 aromatic rings. The minimum Gasteiger partial charge on any atom is -0.464 e. The molecule has 0 radical (unpaired) electrons. The van der Waals surface area contributed by atoms with E-state index in [-0.39, 0.29) is 6.61 Å². The molecule has 1 aliphatic rings. The lowest BCUT2D eigenvalue weighted by Crippen LogP contribution is -2.37. The zero-order chi connectivity index (χ0) is 15.9. The van der Waals surface area contributed by atoms with Crippen LogP contribution >= 0.6 is 0 Å². The molecule has 6 heteroatoms. The van der Waals surface area contributed by atoms with Gasteiger partial charge in [0, 0.05) is 6.20 Å². The number of rotatable bonds is 0. The van der Waals surface area contributed by atoms with Crippen LogP contribution in [0.25, 0.3) is 0 Å². The summed E-state index contributed by atoms with van der Waals surface area (Å²) in [5.41, 5.74) is 2.13. The van der Waals surface area contributed by atoms with Gasteiger partial charge in [0.15, 0.2) is 0 Å². The third-order valence-corrected chi connectivity index (χ3v) is 2.16. The minimum atomic E-state index is -1.23. The number of hydrogen-bond acceptors (Lipinski definition) is 4. The van der Waals surface area contributed by atoms with Crippen LogP contribution in [0, 0.1) is 0 Å². The van der Waals surface area contributed by atoms with Crippen molar-refractivity contribution in [3.63, 3.8) is 0 Å². The molecule has 6 nitrogen and oxygen atoms in total. The van der Waals surface area contributed by atoms with Gasteiger partial charge in [0.25, 0.3) is 0 Å². The highest BCUT2D eigenvalue weighted by atomic mass is 17.3. The number of hydrazine groups is 1. The summed E-state index contributed by atoms with van der Waals surface area (Å²) in [4.78, 5) is 20.2. The zero-order valence-electron chi connectivity index (χ0n) is 11.9. The molecule has 0 spiro atoms. The molecule has 0 unspecified atom stereocenters. The Balaban J connectivity index is 2.67. The average Bonchev–Trinajstić information content (AvgIpc) is 2.50. The Hall–Kier alpha value is -2.67. The maximum atomic E-state index is 10.9. The zero-order valence-corrected chi connectivity index (χ0v) is 11.9. The number of nitrogens with one attached hydrogen (secondary N) is 1. The van der Waals surface area contributed by atoms with E-state index >= 15 is 0 Å². The summed E-state index contributed by atoms with van der Waals surface area (Å²) in [5.74, 6) is 0. The first-order chi connectivity index (χ1) is 10.8. The van der Waals surface area contributed by atoms with Crippen LogP contribution < -0.4 is 5.59 Å². The fraction of sp³-hybridized carbons (Fsp3) is 0.0625. The van der Waals surface area contributed by atoms with Crippen molar-refractivity contribution in [1.82, 2.24) is 10.6 Å². The van der Waals surface area contributed by atoms with Gasteiger partial charge >= 0.3 is 6.09 Å². The Labute approximate surface area is 129 Å². The standard InChI is InChI=1S/C16H18N2O4/c19-16(20)18-14-12-10-8-6-4-2-1-3-5-7-9-11-13-15-21-22-17-18/h1-14,17H,15H2,(H,19,20)/b2-1+,5-3-,6-4+,9-7+,10-8-,13-11+,14-12+. The predicted octanol–water partition coefficient (Wildman–Crippen LogP) is 3.20. The van der Waals surface area contributed by atoms with E-state index in [0.717, 1.165) is 5.01 Å². The summed E-state index contributed by atoms with van der Waals surface area (Å²) in [6, 6.07) is 0. The van der Waals surface area contributed by atoms with Gasteiger partial charge in [-0.05, 0) is 6.08 Å². The van der Waals surface area contributed by atoms with Gasteiger partial charge in [-0.3, -0.25) is 0 Å². The SMILES string of the molecule is O=C(O)N1/C=C/C=C\C=C\C=C\C=C/C=C/C=C/COON1. The molecule has 0 aromatic carbocycles. The van der Waals surface area contributed by atoms with Gasteiger partial charge in [-0.1, -0.05) is 78.5 Å². The molecule has 0 saturated carbocycles. The minimum absolute atomic E-state index is 0.169. The van der Waals surface area contributed by atoms with E-state index in [4.69, 9.17) is 9.99 Å². The van der Waals surface area contributed by atoms with Crippen LogP contribution in [-0.4, -0.2) is 22.8 Å². The second kappa shape index (κ2) is 12.1. The number of nitrogens with zero attached hydrogens (tertiary/aromatic N) is 1. The van der Waals surface area contributed by atoms with Gasteiger partial charge < -0.3 is 5.11 Å². The Kier molecular flexibility index (Phi) is 9.56. The molecule has 116 valence electrons. The Morgan fingerprint density at radius 1 is 0.864 bits per heavy atom. The summed E-state index contributed by atoms with van der Waals surface area (Å²) in [6.45, 7) is 0.169. The van der Waals surface area contributed by atoms with Crippen LogP contribution in [0.2, 0.25) is 0 Å². The third kappa shape index (κ3) is 9.27. The van der Waals surface area contributed by atoms with Crippen LogP contribution in [0.4, 0.5) is 4.79 Å². The summed E-state index contributed by atoms with van der Waals surface area (Å²) < 4.78 is 0. The number of hydrogen-bond donors (Lipinski definition) is 2. The lowest BCUT2D eigenvalue weighted by molar-refractivity contribution is -0.353. The highest BCUT2D eigenvalue weighted by molar-refractivity contribution is 5.65. The van der Waals surface area contributed by atoms with E-state index in [1.807, 2.05) is 48.6 Å². The van der Waals surface area contributed by atoms with Gasteiger partial charge in [-0.25, -0.2) is 9.68 Å². The van der Waals surface area contributed by atoms with Gasteiger partial charge in [-0.2, -0.15) is 5.01 Å². The van der Waals surface area contributed by atoms with Crippen molar-refractivity contribution < 1.29 is 19.8 Å². The first kappa shape index (κ1) is 17.4. The van der Waals surface area contributed by atoms with Crippen molar-refractivity contribution in [2.75, 3.05) is 6.61 Å². The Morgan fingerprint density at radius 3 is 1.91 bits per heavy atom. The lowest BCUT2D eigenvalue weighted by Gasteiger charge is -2.13. The van der Waals surface area contributed by atoms with Crippen molar-refractivity contribution in [3.8, 4) is 0 Å². The second-order valence-corrected chi connectivity index (χ2v) is 3.81. The van der Waals surface area contributed by atoms with Crippen LogP contribution in [0.15, 0.2) is 85.2 Å². The molecule has 0 saturated heterocycles. The van der Waals surface area contributed by atoms with E-state index in [1.54, 1.807) is 24.3 Å². The number of carboxylic acid groups (broad SMARTS) is 1. The smallest absolute Gasteiger partial charge is 0.427 e. The Bertz CT molecular complexity index is 528. The molecule has 22 heavy (non-hydrogen) atoms. The molecule has 1 rings (SSSR count). The molecule has 0 fully saturated rings. The molecule has 0 atom stereocenters. The molecule has 1 aliphatic heterocycles. The van der Waals surface area contributed by atoms with Gasteiger partial charge in [0.2, 0.25) is 0 Å². The monoisotopic (exact) mass is 302 g/mol. The van der Waals surface area contributed by atoms with Crippen molar-refractivity contribution in [2.24, 2.45) is 0 Å². The fourth-order valence-corrected chi connectivity index (χ4v) is 1.18. The maximum absolute atomic E-state index is 10.9. The fourth-order valence-electron chi connectivity index (χ4n) is 1.18. The quantitative estimate of drug-likeness (QED) is 0.672. The summed E-state index contributed by atoms with van der Waals surface area (Å²) in [7, 11) is 0. The summed E-state index contributed by atoms with van der Waals surface area (Å²) >= 11 is 0. The van der Waals surface area contributed by atoms with Crippen LogP contribution in [0.3, 0.4) is 0 Å². The molecule has 0 aromatic heterocycles. The molecule has 1 heterocycles. The molecule has 1 amide bonds. The van der Waals surface area contributed by atoms with E-state index < -0.39 is 6.09 Å². The maximum Gasteiger partial charge on any atom is 0.427 e. The molecule has 0 aliphatic carbocycles. The van der Waals surface area contributed by atoms with E-state index in [1.165, 1.54) is 12.3 Å². The summed E-state index contributed by atoms with van der Waals surface area (Å²) in [6.07, 6.45) is 23.5. The van der Waals surface area contributed by atoms with Crippen molar-refractivity contribution in [2.45, 2.75) is 0 Å². The normalized spacial score (nSPS) is 27.4. The topological polar surface area (TPSA) is 71.0 Å². The third-order valence-electron chi connectivity index (χ3n) is 2.16. The highest BCUT2D eigenvalue weighted by Gasteiger charge is 2.06. The lowest BCUT2D eigenvalue weighted by atomic mass is 10.3. The largest absolute Gasteiger partial charge is 0.464 e. The van der Waals surface area contributed by atoms with Crippen LogP contribution in [0.5, 0.6) is 0 Å². The molecule has 2 N–H and O–H groups in total. The first-order valence-electron chi connectivity index (χ1n) is 6.53. The van der Waals surface area contributed by atoms with Crippen molar-refractivity contribution in [3.05, 3.63) is 85.2 Å². The van der Waals surface area contributed by atoms with Crippen molar-refractivity contribution in [1.29, 1.82) is 0 Å². The van der Waals surface area contributed by atoms with Gasteiger partial charge in [-0.15, -0.1) is 4.99 Å². The van der Waals surface area contributed by atoms with E-state index in [9.17, 15) is 4.79 Å². The number of allylic oxidation sites excluding steroid dienone is 12. The Morgan fingerprint density at radius 2 is 1.36 bits per heavy atom. The average molecular weight is 302 g/mol. The van der Waals surface area contributed by atoms with Gasteiger partial charge in [0.05, 0.1) is 0 Å². The van der Waals surface area contributed by atoms with E-state index in [2.05, 4.69) is 10.6 Å². The second-order valence-electron chi connectivity index (χ2n) is 3.81. The first-order valence-corrected chi connectivity index (χ1v) is 6.53. The van der Waals surface area contributed by atoms with Crippen LogP contribution in [0.1, 0.15) is 0 Å². The summed E-state index contributed by atoms with van der Waals surface area (Å²) in [5, 5.41) is 9.64. The highest BCUT2D eigenvalue weighted by Crippen LogP contribution is 1.91. The van der Waals surface area contributed by atoms with Gasteiger partial charge in [0.1, 0.15) is 6.61 Å². The molecular formula is C16H18N2O4. The number of carbonyl (C=O) groups is 1.